The van der Waals surface area contributed by atoms with Gasteiger partial charge >= 0.3 is 0 Å². The Balaban J connectivity index is 1.69. The summed E-state index contributed by atoms with van der Waals surface area (Å²) in [6, 6.07) is 9.00. The van der Waals surface area contributed by atoms with Crippen LogP contribution in [0.3, 0.4) is 0 Å². The molecule has 22 heavy (non-hydrogen) atoms. The van der Waals surface area contributed by atoms with Gasteiger partial charge < -0.3 is 19.3 Å². The van der Waals surface area contributed by atoms with Gasteiger partial charge in [-0.2, -0.15) is 0 Å². The molecule has 0 saturated heterocycles. The summed E-state index contributed by atoms with van der Waals surface area (Å²) in [6.07, 6.45) is 2.35. The van der Waals surface area contributed by atoms with Gasteiger partial charge in [0, 0.05) is 19.2 Å². The lowest BCUT2D eigenvalue weighted by Gasteiger charge is -2.34. The molecule has 0 bridgehead atoms. The second kappa shape index (κ2) is 6.19. The van der Waals surface area contributed by atoms with E-state index in [2.05, 4.69) is 4.98 Å². The van der Waals surface area contributed by atoms with E-state index in [9.17, 15) is 9.90 Å². The van der Waals surface area contributed by atoms with Crippen molar-refractivity contribution in [1.29, 1.82) is 0 Å². The fraction of sp³-hybridized carbons (Fsp3) is 0.375. The second-order valence-electron chi connectivity index (χ2n) is 5.41. The van der Waals surface area contributed by atoms with Crippen LogP contribution in [0, 0.1) is 0 Å². The highest BCUT2D eigenvalue weighted by atomic mass is 16.5. The second-order valence-corrected chi connectivity index (χ2v) is 5.41. The number of aryl methyl sites for hydroxylation is 1. The van der Waals surface area contributed by atoms with E-state index >= 15 is 0 Å². The number of aliphatic hydroxyl groups excluding tert-OH is 1. The molecule has 1 atom stereocenters. The van der Waals surface area contributed by atoms with E-state index in [1.165, 1.54) is 0 Å². The van der Waals surface area contributed by atoms with Gasteiger partial charge in [0.25, 0.3) is 5.91 Å². The zero-order valence-electron chi connectivity index (χ0n) is 12.5. The van der Waals surface area contributed by atoms with Gasteiger partial charge in [-0.1, -0.05) is 18.2 Å². The molecule has 1 N–H and O–H groups in total. The summed E-state index contributed by atoms with van der Waals surface area (Å²) in [7, 11) is 1.93. The molecule has 1 aliphatic rings. The lowest BCUT2D eigenvalue weighted by molar-refractivity contribution is -0.138. The van der Waals surface area contributed by atoms with Gasteiger partial charge in [-0.3, -0.25) is 4.79 Å². The first-order valence-electron chi connectivity index (χ1n) is 7.26. The number of fused-ring (bicyclic) bond motifs is 1. The van der Waals surface area contributed by atoms with Gasteiger partial charge in [-0.15, -0.1) is 0 Å². The van der Waals surface area contributed by atoms with Crippen molar-refractivity contribution in [1.82, 2.24) is 14.5 Å². The third kappa shape index (κ3) is 2.82. The Kier molecular flexibility index (Phi) is 4.11. The normalized spacial score (nSPS) is 17.2. The highest BCUT2D eigenvalue weighted by molar-refractivity contribution is 5.78. The molecule has 116 valence electrons. The van der Waals surface area contributed by atoms with Gasteiger partial charge in [0.15, 0.2) is 6.61 Å². The quantitative estimate of drug-likeness (QED) is 0.904. The Labute approximate surface area is 129 Å². The Hall–Kier alpha value is -2.34. The first kappa shape index (κ1) is 14.6. The summed E-state index contributed by atoms with van der Waals surface area (Å²) in [5.74, 6) is 0.520. The summed E-state index contributed by atoms with van der Waals surface area (Å²) in [4.78, 5) is 18.4. The largest absolute Gasteiger partial charge is 0.484 e. The fourth-order valence-electron chi connectivity index (χ4n) is 2.72. The van der Waals surface area contributed by atoms with E-state index in [0.717, 1.165) is 11.4 Å². The Morgan fingerprint density at radius 1 is 1.41 bits per heavy atom. The van der Waals surface area contributed by atoms with Crippen LogP contribution in [0.15, 0.2) is 36.7 Å². The van der Waals surface area contributed by atoms with Crippen molar-refractivity contribution in [2.24, 2.45) is 7.05 Å². The van der Waals surface area contributed by atoms with Crippen molar-refractivity contribution >= 4 is 5.91 Å². The van der Waals surface area contributed by atoms with Crippen LogP contribution < -0.4 is 4.74 Å². The predicted octanol–water partition coefficient (Wildman–Crippen LogP) is 0.745. The molecule has 0 aliphatic carbocycles. The third-order valence-electron chi connectivity index (χ3n) is 3.97. The maximum atomic E-state index is 12.4. The summed E-state index contributed by atoms with van der Waals surface area (Å²) in [5.41, 5.74) is 1.97. The van der Waals surface area contributed by atoms with E-state index in [1.54, 1.807) is 11.2 Å². The first-order chi connectivity index (χ1) is 10.7. The fourth-order valence-corrected chi connectivity index (χ4v) is 2.72. The first-order valence-corrected chi connectivity index (χ1v) is 7.26. The summed E-state index contributed by atoms with van der Waals surface area (Å²) >= 11 is 0. The number of carbonyl (C=O) groups is 1. The number of para-hydroxylation sites is 1. The van der Waals surface area contributed by atoms with Gasteiger partial charge in [0.1, 0.15) is 5.75 Å². The van der Waals surface area contributed by atoms with Gasteiger partial charge in [0.05, 0.1) is 31.2 Å². The molecule has 1 amide bonds. The van der Waals surface area contributed by atoms with Crippen LogP contribution in [-0.4, -0.2) is 44.7 Å². The van der Waals surface area contributed by atoms with Crippen molar-refractivity contribution < 1.29 is 14.6 Å². The van der Waals surface area contributed by atoms with E-state index in [1.807, 2.05) is 41.9 Å². The van der Waals surface area contributed by atoms with E-state index in [4.69, 9.17) is 4.74 Å². The molecule has 0 fully saturated rings. The summed E-state index contributed by atoms with van der Waals surface area (Å²) < 4.78 is 7.45. The number of aromatic nitrogens is 2. The molecule has 1 aliphatic heterocycles. The SMILES string of the molecule is Cn1cnc2c1C[C@H](CO)N(C(=O)COc1ccccc1)C2. The molecule has 6 heteroatoms. The number of benzene rings is 1. The monoisotopic (exact) mass is 301 g/mol. The van der Waals surface area contributed by atoms with Gasteiger partial charge in [0.2, 0.25) is 0 Å². The van der Waals surface area contributed by atoms with Crippen LogP contribution in [0.2, 0.25) is 0 Å². The molecule has 3 rings (SSSR count). The molecule has 2 heterocycles. The van der Waals surface area contributed by atoms with Crippen molar-refractivity contribution in [3.8, 4) is 5.75 Å². The van der Waals surface area contributed by atoms with Crippen molar-refractivity contribution in [3.63, 3.8) is 0 Å². The minimum atomic E-state index is -0.227. The number of ether oxygens (including phenoxy) is 1. The molecule has 6 nitrogen and oxygen atoms in total. The van der Waals surface area contributed by atoms with Crippen LogP contribution in [0.5, 0.6) is 5.75 Å². The van der Waals surface area contributed by atoms with Crippen LogP contribution >= 0.6 is 0 Å². The van der Waals surface area contributed by atoms with Crippen molar-refractivity contribution in [2.45, 2.75) is 19.0 Å². The number of rotatable bonds is 4. The highest BCUT2D eigenvalue weighted by Crippen LogP contribution is 2.22. The zero-order valence-corrected chi connectivity index (χ0v) is 12.5. The van der Waals surface area contributed by atoms with Crippen LogP contribution in [0.25, 0.3) is 0 Å². The lowest BCUT2D eigenvalue weighted by Crippen LogP contribution is -2.48. The third-order valence-corrected chi connectivity index (χ3v) is 3.97. The van der Waals surface area contributed by atoms with Crippen LogP contribution in [0.1, 0.15) is 11.4 Å². The lowest BCUT2D eigenvalue weighted by atomic mass is 10.0. The topological polar surface area (TPSA) is 67.6 Å². The predicted molar refractivity (Wildman–Crippen MR) is 80.3 cm³/mol. The number of carbonyl (C=O) groups excluding carboxylic acids is 1. The number of hydrogen-bond acceptors (Lipinski definition) is 4. The molecular formula is C16H19N3O3. The Morgan fingerprint density at radius 3 is 2.91 bits per heavy atom. The smallest absolute Gasteiger partial charge is 0.261 e. The van der Waals surface area contributed by atoms with Crippen LogP contribution in [-0.2, 0) is 24.8 Å². The molecule has 1 aromatic heterocycles. The molecule has 1 aromatic carbocycles. The van der Waals surface area contributed by atoms with E-state index in [0.29, 0.717) is 18.7 Å². The van der Waals surface area contributed by atoms with E-state index in [-0.39, 0.29) is 25.2 Å². The molecular weight excluding hydrogens is 282 g/mol. The summed E-state index contributed by atoms with van der Waals surface area (Å²) in [5, 5.41) is 9.59. The average Bonchev–Trinajstić information content (AvgIpc) is 2.93. The molecule has 0 saturated carbocycles. The molecule has 0 radical (unpaired) electrons. The maximum absolute atomic E-state index is 12.4. The minimum Gasteiger partial charge on any atom is -0.484 e. The number of amides is 1. The number of imidazole rings is 1. The van der Waals surface area contributed by atoms with Gasteiger partial charge in [-0.05, 0) is 12.1 Å². The standard InChI is InChI=1S/C16H19N3O3/c1-18-11-17-14-8-19(12(9-20)7-15(14)18)16(21)10-22-13-5-3-2-4-6-13/h2-6,11-12,20H,7-10H2,1H3/t12-/m1/s1. The highest BCUT2D eigenvalue weighted by Gasteiger charge is 2.31. The van der Waals surface area contributed by atoms with Gasteiger partial charge in [-0.25, -0.2) is 4.98 Å². The maximum Gasteiger partial charge on any atom is 0.261 e. The van der Waals surface area contributed by atoms with Crippen molar-refractivity contribution in [2.75, 3.05) is 13.2 Å². The molecule has 0 unspecified atom stereocenters. The number of nitrogens with zero attached hydrogens (tertiary/aromatic N) is 3. The van der Waals surface area contributed by atoms with E-state index < -0.39 is 0 Å². The Morgan fingerprint density at radius 2 is 2.18 bits per heavy atom. The molecule has 0 spiro atoms. The zero-order chi connectivity index (χ0) is 15.5. The number of aliphatic hydroxyl groups is 1. The van der Waals surface area contributed by atoms with Crippen molar-refractivity contribution in [3.05, 3.63) is 48.0 Å². The summed E-state index contributed by atoms with van der Waals surface area (Å²) in [6.45, 7) is 0.308. The minimum absolute atomic E-state index is 0.0390. The van der Waals surface area contributed by atoms with Crippen LogP contribution in [0.4, 0.5) is 0 Å². The Bertz CT molecular complexity index is 654. The average molecular weight is 301 g/mol. The molecule has 2 aromatic rings. The number of hydrogen-bond donors (Lipinski definition) is 1.